The molecule has 1 aliphatic heterocycles. The Morgan fingerprint density at radius 2 is 1.08 bits per heavy atom. The molecule has 0 radical (unpaired) electrons. The van der Waals surface area contributed by atoms with E-state index >= 15 is 0 Å². The smallest absolute Gasteiger partial charge is 0.220 e. The first kappa shape index (κ1) is 48.7. The van der Waals surface area contributed by atoms with E-state index in [1.807, 2.05) is 6.08 Å². The van der Waals surface area contributed by atoms with Crippen LogP contribution in [-0.2, 0) is 14.3 Å². The van der Waals surface area contributed by atoms with Gasteiger partial charge in [0.15, 0.2) is 6.29 Å². The van der Waals surface area contributed by atoms with Crippen LogP contribution in [0.3, 0.4) is 0 Å². The number of aliphatic hydroxyl groups is 5. The van der Waals surface area contributed by atoms with Gasteiger partial charge in [0, 0.05) is 6.42 Å². The van der Waals surface area contributed by atoms with Crippen molar-refractivity contribution in [3.05, 3.63) is 24.3 Å². The van der Waals surface area contributed by atoms with Gasteiger partial charge in [0.2, 0.25) is 5.91 Å². The van der Waals surface area contributed by atoms with Crippen LogP contribution in [0.2, 0.25) is 0 Å². The van der Waals surface area contributed by atoms with Gasteiger partial charge in [0.25, 0.3) is 0 Å². The SMILES string of the molecule is CCCCCCCC/C=C/CCCCCCCCCC(=O)N[C@@H](CO[C@H]1O[C@@H](CO)[C@H](O)C(O)C1O)[C@H](O)/C=C/CCCCCCCCCCCC. The highest BCUT2D eigenvalue weighted by Crippen LogP contribution is 2.22. The highest BCUT2D eigenvalue weighted by Gasteiger charge is 2.44. The molecule has 7 atom stereocenters. The molecule has 0 aromatic carbocycles. The van der Waals surface area contributed by atoms with Crippen LogP contribution in [0.25, 0.3) is 0 Å². The van der Waals surface area contributed by atoms with Gasteiger partial charge in [-0.15, -0.1) is 0 Å². The molecule has 9 heteroatoms. The number of aliphatic hydroxyl groups excluding tert-OH is 5. The van der Waals surface area contributed by atoms with E-state index < -0.39 is 49.5 Å². The predicted octanol–water partition coefficient (Wildman–Crippen LogP) is 8.33. The third kappa shape index (κ3) is 24.9. The first-order valence-corrected chi connectivity index (χ1v) is 21.6. The Balaban J connectivity index is 2.38. The summed E-state index contributed by atoms with van der Waals surface area (Å²) < 4.78 is 11.2. The molecule has 0 saturated carbocycles. The number of amides is 1. The van der Waals surface area contributed by atoms with Gasteiger partial charge >= 0.3 is 0 Å². The summed E-state index contributed by atoms with van der Waals surface area (Å²) in [7, 11) is 0. The summed E-state index contributed by atoms with van der Waals surface area (Å²) in [6.45, 7) is 3.75. The van der Waals surface area contributed by atoms with Crippen molar-refractivity contribution in [3.8, 4) is 0 Å². The van der Waals surface area contributed by atoms with E-state index in [9.17, 15) is 30.3 Å². The van der Waals surface area contributed by atoms with Gasteiger partial charge in [-0.05, 0) is 44.9 Å². The van der Waals surface area contributed by atoms with E-state index in [-0.39, 0.29) is 12.5 Å². The second kappa shape index (κ2) is 34.2. The largest absolute Gasteiger partial charge is 0.394 e. The van der Waals surface area contributed by atoms with Crippen molar-refractivity contribution in [1.29, 1.82) is 0 Å². The lowest BCUT2D eigenvalue weighted by Gasteiger charge is -2.40. The van der Waals surface area contributed by atoms with Gasteiger partial charge in [-0.2, -0.15) is 0 Å². The Bertz CT molecular complexity index is 868. The second-order valence-corrected chi connectivity index (χ2v) is 15.1. The van der Waals surface area contributed by atoms with E-state index in [0.29, 0.717) is 6.42 Å². The number of carbonyl (C=O) groups excluding carboxylic acids is 1. The molecule has 0 bridgehead atoms. The van der Waals surface area contributed by atoms with Gasteiger partial charge in [-0.3, -0.25) is 4.79 Å². The predicted molar refractivity (Wildman–Crippen MR) is 212 cm³/mol. The summed E-state index contributed by atoms with van der Waals surface area (Å²) in [5, 5.41) is 54.0. The van der Waals surface area contributed by atoms with Gasteiger partial charge in [0.05, 0.1) is 25.4 Å². The molecule has 0 aromatic heterocycles. The van der Waals surface area contributed by atoms with Crippen molar-refractivity contribution in [3.63, 3.8) is 0 Å². The van der Waals surface area contributed by atoms with E-state index in [2.05, 4.69) is 31.3 Å². The summed E-state index contributed by atoms with van der Waals surface area (Å²) in [6, 6.07) is -0.802. The van der Waals surface area contributed by atoms with E-state index in [0.717, 1.165) is 44.9 Å². The highest BCUT2D eigenvalue weighted by molar-refractivity contribution is 5.76. The van der Waals surface area contributed by atoms with Crippen molar-refractivity contribution in [2.24, 2.45) is 0 Å². The first-order chi connectivity index (χ1) is 25.3. The monoisotopic (exact) mass is 740 g/mol. The Hall–Kier alpha value is -1.33. The lowest BCUT2D eigenvalue weighted by atomic mass is 9.99. The standard InChI is InChI=1S/C43H81NO8/c1-3-5-7-9-11-13-15-17-18-19-20-21-23-25-27-29-31-33-39(47)44-36(35-51-43-42(50)41(49)40(48)38(34-45)52-43)37(46)32-30-28-26-24-22-16-14-12-10-8-6-4-2/h17-18,30,32,36-38,40-43,45-46,48-50H,3-16,19-29,31,33-35H2,1-2H3,(H,44,47)/b18-17+,32-30+/t36-,37+,38-,40-,41?,42?,43-/m0/s1. The van der Waals surface area contributed by atoms with Crippen LogP contribution < -0.4 is 5.32 Å². The maximum atomic E-state index is 12.9. The van der Waals surface area contributed by atoms with Crippen molar-refractivity contribution in [1.82, 2.24) is 5.32 Å². The number of hydrogen-bond donors (Lipinski definition) is 6. The highest BCUT2D eigenvalue weighted by atomic mass is 16.7. The number of rotatable bonds is 35. The van der Waals surface area contributed by atoms with Crippen molar-refractivity contribution >= 4 is 5.91 Å². The molecule has 0 aromatic rings. The molecule has 1 saturated heterocycles. The summed E-state index contributed by atoms with van der Waals surface area (Å²) in [5.74, 6) is -0.183. The van der Waals surface area contributed by atoms with Crippen molar-refractivity contribution in [2.75, 3.05) is 13.2 Å². The van der Waals surface area contributed by atoms with E-state index in [1.165, 1.54) is 122 Å². The van der Waals surface area contributed by atoms with Crippen molar-refractivity contribution in [2.45, 2.75) is 230 Å². The fraction of sp³-hybridized carbons (Fsp3) is 0.884. The molecule has 1 rings (SSSR count). The number of unbranched alkanes of at least 4 members (excludes halogenated alkanes) is 23. The molecule has 6 N–H and O–H groups in total. The summed E-state index contributed by atoms with van der Waals surface area (Å²) in [4.78, 5) is 12.9. The van der Waals surface area contributed by atoms with Crippen LogP contribution in [0, 0.1) is 0 Å². The lowest BCUT2D eigenvalue weighted by Crippen LogP contribution is -2.60. The third-order valence-corrected chi connectivity index (χ3v) is 10.3. The molecule has 306 valence electrons. The van der Waals surface area contributed by atoms with Gasteiger partial charge < -0.3 is 40.3 Å². The minimum absolute atomic E-state index is 0.183. The van der Waals surface area contributed by atoms with E-state index in [4.69, 9.17) is 9.47 Å². The lowest BCUT2D eigenvalue weighted by molar-refractivity contribution is -0.302. The van der Waals surface area contributed by atoms with Gasteiger partial charge in [-0.25, -0.2) is 0 Å². The van der Waals surface area contributed by atoms with Crippen LogP contribution in [0.15, 0.2) is 24.3 Å². The molecular formula is C43H81NO8. The Labute approximate surface area is 318 Å². The van der Waals surface area contributed by atoms with Gasteiger partial charge in [0.1, 0.15) is 24.4 Å². The number of nitrogens with one attached hydrogen (secondary N) is 1. The number of carbonyl (C=O) groups is 1. The zero-order valence-corrected chi connectivity index (χ0v) is 33.3. The third-order valence-electron chi connectivity index (χ3n) is 10.3. The topological polar surface area (TPSA) is 149 Å². The number of hydrogen-bond acceptors (Lipinski definition) is 8. The Morgan fingerprint density at radius 3 is 1.56 bits per heavy atom. The van der Waals surface area contributed by atoms with Crippen molar-refractivity contribution < 1.29 is 39.8 Å². The van der Waals surface area contributed by atoms with Gasteiger partial charge in [-0.1, -0.05) is 160 Å². The maximum Gasteiger partial charge on any atom is 0.220 e. The molecule has 1 aliphatic rings. The number of allylic oxidation sites excluding steroid dienone is 3. The maximum absolute atomic E-state index is 12.9. The molecule has 2 unspecified atom stereocenters. The molecule has 0 spiro atoms. The zero-order chi connectivity index (χ0) is 38.1. The number of ether oxygens (including phenoxy) is 2. The average molecular weight is 740 g/mol. The molecule has 1 fully saturated rings. The molecule has 9 nitrogen and oxygen atoms in total. The minimum Gasteiger partial charge on any atom is -0.394 e. The molecule has 1 amide bonds. The van der Waals surface area contributed by atoms with Crippen LogP contribution in [0.5, 0.6) is 0 Å². The normalized spacial score (nSPS) is 22.0. The first-order valence-electron chi connectivity index (χ1n) is 21.6. The average Bonchev–Trinajstić information content (AvgIpc) is 3.14. The van der Waals surface area contributed by atoms with Crippen LogP contribution in [0.1, 0.15) is 187 Å². The fourth-order valence-corrected chi connectivity index (χ4v) is 6.74. The summed E-state index contributed by atoms with van der Waals surface area (Å²) in [6.07, 6.45) is 32.1. The quantitative estimate of drug-likeness (QED) is 0.0281. The Kier molecular flexibility index (Phi) is 32.0. The van der Waals surface area contributed by atoms with Crippen LogP contribution >= 0.6 is 0 Å². The Morgan fingerprint density at radius 1 is 0.635 bits per heavy atom. The molecule has 52 heavy (non-hydrogen) atoms. The molecule has 1 heterocycles. The summed E-state index contributed by atoms with van der Waals surface area (Å²) in [5.41, 5.74) is 0. The summed E-state index contributed by atoms with van der Waals surface area (Å²) >= 11 is 0. The molecule has 0 aliphatic carbocycles. The minimum atomic E-state index is -1.56. The second-order valence-electron chi connectivity index (χ2n) is 15.1. The van der Waals surface area contributed by atoms with Crippen LogP contribution in [-0.4, -0.2) is 87.5 Å². The molecular weight excluding hydrogens is 658 g/mol. The van der Waals surface area contributed by atoms with Crippen LogP contribution in [0.4, 0.5) is 0 Å². The fourth-order valence-electron chi connectivity index (χ4n) is 6.74. The van der Waals surface area contributed by atoms with E-state index in [1.54, 1.807) is 6.08 Å². The zero-order valence-electron chi connectivity index (χ0n) is 33.3.